The molecule has 22 heavy (non-hydrogen) atoms. The number of imide groups is 1. The minimum Gasteiger partial charge on any atom is -0.367 e. The molecule has 0 spiro atoms. The zero-order valence-electron chi connectivity index (χ0n) is 12.9. The van der Waals surface area contributed by atoms with E-state index in [1.165, 1.54) is 4.90 Å². The molecular weight excluding hydrogens is 276 g/mol. The van der Waals surface area contributed by atoms with E-state index in [0.29, 0.717) is 0 Å². The van der Waals surface area contributed by atoms with Gasteiger partial charge in [0.2, 0.25) is 11.8 Å². The van der Waals surface area contributed by atoms with Crippen molar-refractivity contribution in [3.05, 3.63) is 41.5 Å². The van der Waals surface area contributed by atoms with Gasteiger partial charge in [-0.2, -0.15) is 0 Å². The zero-order chi connectivity index (χ0) is 15.4. The van der Waals surface area contributed by atoms with Crippen molar-refractivity contribution in [1.29, 1.82) is 0 Å². The predicted octanol–water partition coefficient (Wildman–Crippen LogP) is 2.48. The number of aryl methyl sites for hydroxylation is 2. The Kier molecular flexibility index (Phi) is 2.90. The van der Waals surface area contributed by atoms with Crippen molar-refractivity contribution in [3.63, 3.8) is 0 Å². The van der Waals surface area contributed by atoms with Crippen LogP contribution in [0.3, 0.4) is 0 Å². The highest BCUT2D eigenvalue weighted by molar-refractivity contribution is 6.06. The van der Waals surface area contributed by atoms with E-state index in [-0.39, 0.29) is 42.2 Å². The Hall–Kier alpha value is -2.10. The van der Waals surface area contributed by atoms with Gasteiger partial charge in [0.1, 0.15) is 0 Å². The Morgan fingerprint density at radius 3 is 2.36 bits per heavy atom. The van der Waals surface area contributed by atoms with Crippen molar-refractivity contribution in [2.45, 2.75) is 20.3 Å². The molecule has 4 heteroatoms. The molecule has 4 rings (SSSR count). The van der Waals surface area contributed by atoms with Crippen LogP contribution < -0.4 is 5.32 Å². The lowest BCUT2D eigenvalue weighted by atomic mass is 9.85. The summed E-state index contributed by atoms with van der Waals surface area (Å²) < 4.78 is 0. The van der Waals surface area contributed by atoms with E-state index in [4.69, 9.17) is 0 Å². The molecule has 2 amide bonds. The van der Waals surface area contributed by atoms with Crippen LogP contribution in [0.25, 0.3) is 0 Å². The van der Waals surface area contributed by atoms with Crippen LogP contribution in [-0.2, 0) is 9.59 Å². The normalized spacial score (nSPS) is 32.0. The lowest BCUT2D eigenvalue weighted by Gasteiger charge is -2.19. The summed E-state index contributed by atoms with van der Waals surface area (Å²) in [5.74, 6) is 0.342. The molecule has 0 radical (unpaired) electrons. The third-order valence-electron chi connectivity index (χ3n) is 5.38. The van der Waals surface area contributed by atoms with Gasteiger partial charge in [0.15, 0.2) is 0 Å². The number of hydrogen-bond acceptors (Lipinski definition) is 3. The van der Waals surface area contributed by atoms with Crippen LogP contribution in [0.2, 0.25) is 0 Å². The van der Waals surface area contributed by atoms with Gasteiger partial charge in [0.05, 0.1) is 18.5 Å². The second-order valence-electron chi connectivity index (χ2n) is 6.76. The van der Waals surface area contributed by atoms with Gasteiger partial charge < -0.3 is 5.32 Å². The van der Waals surface area contributed by atoms with Crippen LogP contribution in [0, 0.1) is 37.5 Å². The predicted molar refractivity (Wildman–Crippen MR) is 84.0 cm³/mol. The monoisotopic (exact) mass is 296 g/mol. The van der Waals surface area contributed by atoms with Crippen molar-refractivity contribution in [2.24, 2.45) is 23.7 Å². The highest BCUT2D eigenvalue weighted by Crippen LogP contribution is 2.52. The first kappa shape index (κ1) is 13.6. The van der Waals surface area contributed by atoms with Gasteiger partial charge in [-0.25, -0.2) is 0 Å². The number of carbonyl (C=O) groups excluding carboxylic acids is 2. The zero-order valence-corrected chi connectivity index (χ0v) is 12.9. The number of likely N-dealkylation sites (tertiary alicyclic amines) is 1. The largest absolute Gasteiger partial charge is 0.367 e. The van der Waals surface area contributed by atoms with Gasteiger partial charge in [-0.05, 0) is 49.3 Å². The number of anilines is 1. The highest BCUT2D eigenvalue weighted by Gasteiger charge is 2.59. The molecule has 1 aliphatic heterocycles. The molecule has 1 heterocycles. The van der Waals surface area contributed by atoms with E-state index in [2.05, 4.69) is 23.5 Å². The first-order valence-corrected chi connectivity index (χ1v) is 7.91. The van der Waals surface area contributed by atoms with Crippen LogP contribution in [-0.4, -0.2) is 23.4 Å². The van der Waals surface area contributed by atoms with E-state index >= 15 is 0 Å². The van der Waals surface area contributed by atoms with Crippen LogP contribution in [0.1, 0.15) is 17.5 Å². The van der Waals surface area contributed by atoms with Gasteiger partial charge in [0, 0.05) is 5.69 Å². The summed E-state index contributed by atoms with van der Waals surface area (Å²) in [5.41, 5.74) is 3.26. The van der Waals surface area contributed by atoms with E-state index in [0.717, 1.165) is 23.2 Å². The maximum absolute atomic E-state index is 12.6. The average Bonchev–Trinajstić information content (AvgIpc) is 3.16. The molecule has 2 fully saturated rings. The molecule has 1 aromatic rings. The summed E-state index contributed by atoms with van der Waals surface area (Å²) >= 11 is 0. The molecule has 4 nitrogen and oxygen atoms in total. The summed E-state index contributed by atoms with van der Waals surface area (Å²) in [5, 5.41) is 3.26. The van der Waals surface area contributed by atoms with Gasteiger partial charge in [0.25, 0.3) is 0 Å². The Balaban J connectivity index is 1.51. The SMILES string of the molecule is Cc1ccc(C)c(NCN2C(=O)[C@H]3[C@H](C2=O)[C@H]2C=C[C@H]3C2)c1. The number of allylic oxidation sites excluding steroid dienone is 2. The standard InChI is InChI=1S/C18H20N2O2/c1-10-3-4-11(2)14(7-10)19-9-20-17(21)15-12-5-6-13(8-12)16(15)18(20)22/h3-7,12-13,15-16,19H,8-9H2,1-2H3/t12-,13-,15+,16+/m0/s1. The molecule has 1 N–H and O–H groups in total. The minimum atomic E-state index is -0.108. The smallest absolute Gasteiger partial charge is 0.235 e. The summed E-state index contributed by atoms with van der Waals surface area (Å²) in [4.78, 5) is 26.6. The van der Waals surface area contributed by atoms with Crippen molar-refractivity contribution >= 4 is 17.5 Å². The molecule has 1 saturated heterocycles. The lowest BCUT2D eigenvalue weighted by Crippen LogP contribution is -2.37. The fourth-order valence-electron chi connectivity index (χ4n) is 4.21. The summed E-state index contributed by atoms with van der Waals surface area (Å²) in [6.45, 7) is 4.33. The number of nitrogens with zero attached hydrogens (tertiary/aromatic N) is 1. The van der Waals surface area contributed by atoms with Gasteiger partial charge in [-0.3, -0.25) is 14.5 Å². The van der Waals surface area contributed by atoms with E-state index < -0.39 is 0 Å². The molecule has 2 bridgehead atoms. The average molecular weight is 296 g/mol. The quantitative estimate of drug-likeness (QED) is 0.688. The Morgan fingerprint density at radius 2 is 1.73 bits per heavy atom. The molecule has 4 atom stereocenters. The van der Waals surface area contributed by atoms with E-state index in [9.17, 15) is 9.59 Å². The second kappa shape index (κ2) is 4.70. The Bertz CT molecular complexity index is 664. The highest BCUT2D eigenvalue weighted by atomic mass is 16.2. The number of benzene rings is 1. The molecular formula is C18H20N2O2. The van der Waals surface area contributed by atoms with Crippen molar-refractivity contribution in [1.82, 2.24) is 4.90 Å². The molecule has 2 aliphatic carbocycles. The summed E-state index contributed by atoms with van der Waals surface area (Å²) in [6.07, 6.45) is 5.22. The number of amides is 2. The second-order valence-corrected chi connectivity index (χ2v) is 6.76. The number of nitrogens with one attached hydrogen (secondary N) is 1. The summed E-state index contributed by atoms with van der Waals surface area (Å²) in [7, 11) is 0. The van der Waals surface area contributed by atoms with Crippen LogP contribution in [0.4, 0.5) is 5.69 Å². The number of carbonyl (C=O) groups is 2. The van der Waals surface area contributed by atoms with Gasteiger partial charge >= 0.3 is 0 Å². The maximum Gasteiger partial charge on any atom is 0.235 e. The van der Waals surface area contributed by atoms with Gasteiger partial charge in [-0.1, -0.05) is 24.3 Å². The van der Waals surface area contributed by atoms with Crippen LogP contribution in [0.5, 0.6) is 0 Å². The third kappa shape index (κ3) is 1.83. The van der Waals surface area contributed by atoms with Crippen LogP contribution >= 0.6 is 0 Å². The number of hydrogen-bond donors (Lipinski definition) is 1. The fraction of sp³-hybridized carbons (Fsp3) is 0.444. The fourth-order valence-corrected chi connectivity index (χ4v) is 4.21. The first-order chi connectivity index (χ1) is 10.6. The molecule has 1 aromatic carbocycles. The number of fused-ring (bicyclic) bond motifs is 5. The van der Waals surface area contributed by atoms with E-state index in [1.54, 1.807) is 0 Å². The third-order valence-corrected chi connectivity index (χ3v) is 5.38. The minimum absolute atomic E-state index is 0.00431. The lowest BCUT2D eigenvalue weighted by molar-refractivity contribution is -0.140. The Morgan fingerprint density at radius 1 is 1.09 bits per heavy atom. The molecule has 114 valence electrons. The topological polar surface area (TPSA) is 49.4 Å². The first-order valence-electron chi connectivity index (χ1n) is 7.91. The molecule has 3 aliphatic rings. The summed E-state index contributed by atoms with van der Waals surface area (Å²) in [6, 6.07) is 6.15. The molecule has 0 unspecified atom stereocenters. The molecule has 0 aromatic heterocycles. The van der Waals surface area contributed by atoms with E-state index in [1.807, 2.05) is 26.0 Å². The van der Waals surface area contributed by atoms with Gasteiger partial charge in [-0.15, -0.1) is 0 Å². The van der Waals surface area contributed by atoms with Crippen molar-refractivity contribution in [2.75, 3.05) is 12.0 Å². The van der Waals surface area contributed by atoms with Crippen molar-refractivity contribution in [3.8, 4) is 0 Å². The van der Waals surface area contributed by atoms with Crippen molar-refractivity contribution < 1.29 is 9.59 Å². The number of rotatable bonds is 3. The van der Waals surface area contributed by atoms with Crippen LogP contribution in [0.15, 0.2) is 30.4 Å². The Labute approximate surface area is 130 Å². The maximum atomic E-state index is 12.6. The molecule has 1 saturated carbocycles.